The number of likely N-dealkylation sites (tertiary alicyclic amines) is 1. The number of aromatic nitrogens is 1. The quantitative estimate of drug-likeness (QED) is 0.662. The molecule has 27 heavy (non-hydrogen) atoms. The van der Waals surface area contributed by atoms with Gasteiger partial charge in [0.05, 0.1) is 24.1 Å². The molecule has 150 valence electrons. The van der Waals surface area contributed by atoms with E-state index in [-0.39, 0.29) is 22.3 Å². The number of ether oxygens (including phenoxy) is 1. The van der Waals surface area contributed by atoms with Crippen molar-refractivity contribution < 1.29 is 17.9 Å². The maximum Gasteiger partial charge on any atom is 0.309 e. The predicted molar refractivity (Wildman–Crippen MR) is 99.6 cm³/mol. The molecule has 0 saturated carbocycles. The number of piperidine rings is 1. The number of hydrogen-bond donors (Lipinski definition) is 0. The fourth-order valence-corrected chi connectivity index (χ4v) is 5.17. The van der Waals surface area contributed by atoms with Gasteiger partial charge in [-0.2, -0.15) is 4.31 Å². The molecule has 3 heterocycles. The number of carbonyl (C=O) groups is 1. The second kappa shape index (κ2) is 8.53. The molecule has 9 heteroatoms. The zero-order valence-corrected chi connectivity index (χ0v) is 16.5. The van der Waals surface area contributed by atoms with E-state index in [9.17, 15) is 18.0 Å². The van der Waals surface area contributed by atoms with Gasteiger partial charge in [0, 0.05) is 38.4 Å². The standard InChI is InChI=1S/C18H27N3O5S/c1-2-26-18(23)15-7-11-19(12-8-15)14-20-13-16(5-6-17(20)22)27(24,25)21-9-3-4-10-21/h5-6,13,15H,2-4,7-12,14H2,1H3. The Bertz CT molecular complexity index is 822. The molecule has 3 rings (SSSR count). The average Bonchev–Trinajstić information content (AvgIpc) is 3.20. The maximum atomic E-state index is 12.7. The number of nitrogens with zero attached hydrogens (tertiary/aromatic N) is 3. The van der Waals surface area contributed by atoms with E-state index in [1.807, 2.05) is 0 Å². The van der Waals surface area contributed by atoms with E-state index in [4.69, 9.17) is 4.74 Å². The topological polar surface area (TPSA) is 88.9 Å². The molecule has 0 radical (unpaired) electrons. The Morgan fingerprint density at radius 3 is 2.44 bits per heavy atom. The number of pyridine rings is 1. The van der Waals surface area contributed by atoms with Crippen LogP contribution in [0.1, 0.15) is 32.6 Å². The first-order valence-electron chi connectivity index (χ1n) is 9.51. The van der Waals surface area contributed by atoms with E-state index < -0.39 is 10.0 Å². The molecule has 0 amide bonds. The summed E-state index contributed by atoms with van der Waals surface area (Å²) >= 11 is 0. The molecule has 1 aromatic rings. The molecular formula is C18H27N3O5S. The fourth-order valence-electron chi connectivity index (χ4n) is 3.64. The van der Waals surface area contributed by atoms with Gasteiger partial charge in [-0.05, 0) is 38.7 Å². The smallest absolute Gasteiger partial charge is 0.309 e. The van der Waals surface area contributed by atoms with Crippen molar-refractivity contribution in [3.8, 4) is 0 Å². The summed E-state index contributed by atoms with van der Waals surface area (Å²) in [5.74, 6) is -0.257. The molecular weight excluding hydrogens is 370 g/mol. The summed E-state index contributed by atoms with van der Waals surface area (Å²) in [5.41, 5.74) is -0.233. The molecule has 0 bridgehead atoms. The van der Waals surface area contributed by atoms with Crippen molar-refractivity contribution in [3.63, 3.8) is 0 Å². The van der Waals surface area contributed by atoms with Crippen LogP contribution in [0.3, 0.4) is 0 Å². The minimum absolute atomic E-state index is 0.0974. The van der Waals surface area contributed by atoms with E-state index in [1.165, 1.54) is 27.2 Å². The number of rotatable bonds is 6. The fraction of sp³-hybridized carbons (Fsp3) is 0.667. The first-order chi connectivity index (χ1) is 12.9. The predicted octanol–water partition coefficient (Wildman–Crippen LogP) is 0.865. The van der Waals surface area contributed by atoms with Crippen molar-refractivity contribution in [2.45, 2.75) is 44.2 Å². The highest BCUT2D eigenvalue weighted by molar-refractivity contribution is 7.89. The van der Waals surface area contributed by atoms with Crippen molar-refractivity contribution >= 4 is 16.0 Å². The van der Waals surface area contributed by atoms with Gasteiger partial charge >= 0.3 is 5.97 Å². The highest BCUT2D eigenvalue weighted by Gasteiger charge is 2.29. The van der Waals surface area contributed by atoms with Crippen LogP contribution in [0.25, 0.3) is 0 Å². The Morgan fingerprint density at radius 2 is 1.81 bits per heavy atom. The summed E-state index contributed by atoms with van der Waals surface area (Å²) in [6.07, 6.45) is 4.54. The van der Waals surface area contributed by atoms with Crippen LogP contribution in [0.4, 0.5) is 0 Å². The van der Waals surface area contributed by atoms with Gasteiger partial charge in [0.2, 0.25) is 10.0 Å². The van der Waals surface area contributed by atoms with Crippen molar-refractivity contribution in [1.82, 2.24) is 13.8 Å². The summed E-state index contributed by atoms with van der Waals surface area (Å²) in [5, 5.41) is 0. The summed E-state index contributed by atoms with van der Waals surface area (Å²) in [7, 11) is -3.55. The highest BCUT2D eigenvalue weighted by atomic mass is 32.2. The monoisotopic (exact) mass is 397 g/mol. The molecule has 2 saturated heterocycles. The lowest BCUT2D eigenvalue weighted by atomic mass is 9.97. The van der Waals surface area contributed by atoms with E-state index in [0.717, 1.165) is 12.8 Å². The molecule has 2 fully saturated rings. The molecule has 8 nitrogen and oxygen atoms in total. The lowest BCUT2D eigenvalue weighted by Gasteiger charge is -2.31. The first-order valence-corrected chi connectivity index (χ1v) is 11.0. The van der Waals surface area contributed by atoms with E-state index in [1.54, 1.807) is 6.92 Å². The van der Waals surface area contributed by atoms with Crippen LogP contribution in [0, 0.1) is 5.92 Å². The minimum atomic E-state index is -3.55. The van der Waals surface area contributed by atoms with Crippen LogP contribution in [-0.2, 0) is 26.2 Å². The average molecular weight is 397 g/mol. The maximum absolute atomic E-state index is 12.7. The summed E-state index contributed by atoms with van der Waals surface area (Å²) in [4.78, 5) is 26.3. The van der Waals surface area contributed by atoms with E-state index in [2.05, 4.69) is 4.90 Å². The van der Waals surface area contributed by atoms with Crippen LogP contribution in [-0.4, -0.2) is 60.9 Å². The molecule has 0 aromatic carbocycles. The summed E-state index contributed by atoms with van der Waals surface area (Å²) < 4.78 is 33.4. The largest absolute Gasteiger partial charge is 0.466 e. The molecule has 0 unspecified atom stereocenters. The number of hydrogen-bond acceptors (Lipinski definition) is 6. The third-order valence-corrected chi connectivity index (χ3v) is 7.10. The number of sulfonamides is 1. The third-order valence-electron chi connectivity index (χ3n) is 5.22. The number of esters is 1. The van der Waals surface area contributed by atoms with Gasteiger partial charge in [-0.25, -0.2) is 8.42 Å². The van der Waals surface area contributed by atoms with Crippen LogP contribution >= 0.6 is 0 Å². The van der Waals surface area contributed by atoms with Crippen LogP contribution in [0.2, 0.25) is 0 Å². The van der Waals surface area contributed by atoms with Gasteiger partial charge < -0.3 is 9.30 Å². The Hall–Kier alpha value is -1.71. The zero-order valence-electron chi connectivity index (χ0n) is 15.7. The Morgan fingerprint density at radius 1 is 1.15 bits per heavy atom. The minimum Gasteiger partial charge on any atom is -0.466 e. The molecule has 2 aliphatic rings. The van der Waals surface area contributed by atoms with Gasteiger partial charge in [-0.3, -0.25) is 14.5 Å². The van der Waals surface area contributed by atoms with E-state index in [0.29, 0.717) is 52.3 Å². The zero-order chi connectivity index (χ0) is 19.4. The Balaban J connectivity index is 1.67. The normalized spacial score (nSPS) is 20.0. The van der Waals surface area contributed by atoms with Gasteiger partial charge in [-0.1, -0.05) is 0 Å². The molecule has 0 spiro atoms. The first kappa shape index (κ1) is 20.0. The van der Waals surface area contributed by atoms with Gasteiger partial charge in [0.25, 0.3) is 5.56 Å². The van der Waals surface area contributed by atoms with Gasteiger partial charge in [-0.15, -0.1) is 0 Å². The second-order valence-electron chi connectivity index (χ2n) is 7.07. The van der Waals surface area contributed by atoms with Gasteiger partial charge in [0.15, 0.2) is 0 Å². The molecule has 0 N–H and O–H groups in total. The van der Waals surface area contributed by atoms with Crippen LogP contribution in [0.5, 0.6) is 0 Å². The van der Waals surface area contributed by atoms with Crippen molar-refractivity contribution in [3.05, 3.63) is 28.7 Å². The SMILES string of the molecule is CCOC(=O)C1CCN(Cn2cc(S(=O)(=O)N3CCCC3)ccc2=O)CC1. The van der Waals surface area contributed by atoms with Crippen molar-refractivity contribution in [1.29, 1.82) is 0 Å². The Kier molecular flexibility index (Phi) is 6.33. The van der Waals surface area contributed by atoms with Crippen LogP contribution < -0.4 is 5.56 Å². The molecule has 1 aromatic heterocycles. The molecule has 2 aliphatic heterocycles. The third kappa shape index (κ3) is 4.59. The van der Waals surface area contributed by atoms with Gasteiger partial charge in [0.1, 0.15) is 0 Å². The van der Waals surface area contributed by atoms with Crippen molar-refractivity contribution in [2.24, 2.45) is 5.92 Å². The highest BCUT2D eigenvalue weighted by Crippen LogP contribution is 2.21. The van der Waals surface area contributed by atoms with Crippen LogP contribution in [0.15, 0.2) is 28.0 Å². The molecule has 0 atom stereocenters. The lowest BCUT2D eigenvalue weighted by Crippen LogP contribution is -2.40. The summed E-state index contributed by atoms with van der Waals surface area (Å²) in [6.45, 7) is 4.89. The molecule has 0 aliphatic carbocycles. The summed E-state index contributed by atoms with van der Waals surface area (Å²) in [6, 6.07) is 2.70. The lowest BCUT2D eigenvalue weighted by molar-refractivity contribution is -0.149. The second-order valence-corrected chi connectivity index (χ2v) is 9.01. The van der Waals surface area contributed by atoms with E-state index >= 15 is 0 Å². The van der Waals surface area contributed by atoms with Crippen molar-refractivity contribution in [2.75, 3.05) is 32.8 Å². The number of carbonyl (C=O) groups excluding carboxylic acids is 1. The Labute approximate surface area is 159 Å².